The molecule has 0 amide bonds. The number of hydrogen-bond donors (Lipinski definition) is 1. The van der Waals surface area contributed by atoms with Crippen LogP contribution >= 0.6 is 0 Å². The highest BCUT2D eigenvalue weighted by molar-refractivity contribution is 5.65. The van der Waals surface area contributed by atoms with Gasteiger partial charge in [0.05, 0.1) is 12.2 Å². The summed E-state index contributed by atoms with van der Waals surface area (Å²) in [5.74, 6) is 0. The largest absolute Gasteiger partial charge is 0.399 e. The quantitative estimate of drug-likeness (QED) is 0.881. The molecule has 1 aromatic heterocycles. The molecule has 2 aromatic rings. The number of rotatable bonds is 3. The molecule has 21 heavy (non-hydrogen) atoms. The topological polar surface area (TPSA) is 47.1 Å². The average molecular weight is 284 g/mol. The first kappa shape index (κ1) is 14.1. The summed E-state index contributed by atoms with van der Waals surface area (Å²) >= 11 is 0. The molecule has 0 aliphatic carbocycles. The number of nitrogen functional groups attached to an aromatic ring is 1. The molecule has 0 saturated carbocycles. The van der Waals surface area contributed by atoms with Crippen molar-refractivity contribution in [3.8, 4) is 11.1 Å². The predicted octanol–water partition coefficient (Wildman–Crippen LogP) is 3.18. The number of nitrogens with two attached hydrogens (primary N) is 1. The lowest BCUT2D eigenvalue weighted by molar-refractivity contribution is 0.147. The maximum Gasteiger partial charge on any atom is 0.0568 e. The number of benzene rings is 1. The van der Waals surface area contributed by atoms with E-state index < -0.39 is 0 Å². The molecule has 4 heteroatoms. The van der Waals surface area contributed by atoms with Crippen LogP contribution in [0.4, 0.5) is 5.69 Å². The third-order valence-corrected chi connectivity index (χ3v) is 4.42. The number of likely N-dealkylation sites (tertiary alicyclic amines) is 1. The second kappa shape index (κ2) is 5.90. The van der Waals surface area contributed by atoms with Crippen molar-refractivity contribution in [1.82, 2.24) is 14.7 Å². The maximum atomic E-state index is 5.86. The molecule has 2 heterocycles. The number of anilines is 1. The molecule has 0 bridgehead atoms. The van der Waals surface area contributed by atoms with Crippen LogP contribution in [0.5, 0.6) is 0 Å². The van der Waals surface area contributed by atoms with Gasteiger partial charge in [-0.1, -0.05) is 12.1 Å². The van der Waals surface area contributed by atoms with Gasteiger partial charge >= 0.3 is 0 Å². The SMILES string of the molecule is CC(C)N1CCC(n2cc(-c3cccc(N)c3)cn2)CC1. The average Bonchev–Trinajstić information content (AvgIpc) is 2.97. The molecule has 1 aliphatic heterocycles. The first-order valence-electron chi connectivity index (χ1n) is 7.77. The smallest absolute Gasteiger partial charge is 0.0568 e. The van der Waals surface area contributed by atoms with Crippen molar-refractivity contribution in [3.05, 3.63) is 36.7 Å². The highest BCUT2D eigenvalue weighted by Gasteiger charge is 2.22. The van der Waals surface area contributed by atoms with Gasteiger partial charge in [0.2, 0.25) is 0 Å². The molecule has 3 rings (SSSR count). The van der Waals surface area contributed by atoms with E-state index in [-0.39, 0.29) is 0 Å². The molecule has 0 radical (unpaired) electrons. The third kappa shape index (κ3) is 3.10. The van der Waals surface area contributed by atoms with Crippen molar-refractivity contribution >= 4 is 5.69 Å². The van der Waals surface area contributed by atoms with E-state index in [9.17, 15) is 0 Å². The van der Waals surface area contributed by atoms with Crippen LogP contribution in [-0.4, -0.2) is 33.8 Å². The summed E-state index contributed by atoms with van der Waals surface area (Å²) in [4.78, 5) is 2.54. The van der Waals surface area contributed by atoms with Gasteiger partial charge in [-0.2, -0.15) is 5.10 Å². The van der Waals surface area contributed by atoms with Crippen LogP contribution in [0.1, 0.15) is 32.7 Å². The maximum absolute atomic E-state index is 5.86. The summed E-state index contributed by atoms with van der Waals surface area (Å²) in [6, 6.07) is 9.15. The van der Waals surface area contributed by atoms with Crippen LogP contribution in [0, 0.1) is 0 Å². The Balaban J connectivity index is 1.71. The van der Waals surface area contributed by atoms with Gasteiger partial charge in [0, 0.05) is 36.6 Å². The van der Waals surface area contributed by atoms with Gasteiger partial charge in [-0.15, -0.1) is 0 Å². The molecule has 0 atom stereocenters. The molecule has 2 N–H and O–H groups in total. The summed E-state index contributed by atoms with van der Waals surface area (Å²) in [6.45, 7) is 6.87. The van der Waals surface area contributed by atoms with E-state index in [0.29, 0.717) is 12.1 Å². The summed E-state index contributed by atoms with van der Waals surface area (Å²) < 4.78 is 2.14. The van der Waals surface area contributed by atoms with Gasteiger partial charge in [-0.05, 0) is 44.4 Å². The van der Waals surface area contributed by atoms with E-state index in [0.717, 1.165) is 29.9 Å². The molecular weight excluding hydrogens is 260 g/mol. The van der Waals surface area contributed by atoms with E-state index in [2.05, 4.69) is 40.8 Å². The Morgan fingerprint density at radius 1 is 1.19 bits per heavy atom. The monoisotopic (exact) mass is 284 g/mol. The highest BCUT2D eigenvalue weighted by Crippen LogP contribution is 2.26. The Kier molecular flexibility index (Phi) is 3.97. The van der Waals surface area contributed by atoms with E-state index in [1.54, 1.807) is 0 Å². The zero-order chi connectivity index (χ0) is 14.8. The van der Waals surface area contributed by atoms with Gasteiger partial charge in [0.15, 0.2) is 0 Å². The van der Waals surface area contributed by atoms with Crippen LogP contribution in [0.2, 0.25) is 0 Å². The van der Waals surface area contributed by atoms with Gasteiger partial charge in [-0.3, -0.25) is 4.68 Å². The fraction of sp³-hybridized carbons (Fsp3) is 0.471. The Bertz CT molecular complexity index is 594. The van der Waals surface area contributed by atoms with Gasteiger partial charge in [0.1, 0.15) is 0 Å². The van der Waals surface area contributed by atoms with Crippen LogP contribution in [0.3, 0.4) is 0 Å². The zero-order valence-electron chi connectivity index (χ0n) is 12.9. The summed E-state index contributed by atoms with van der Waals surface area (Å²) in [5.41, 5.74) is 8.94. The fourth-order valence-corrected chi connectivity index (χ4v) is 3.07. The second-order valence-corrected chi connectivity index (χ2v) is 6.20. The minimum atomic E-state index is 0.523. The molecule has 1 saturated heterocycles. The van der Waals surface area contributed by atoms with Crippen molar-refractivity contribution in [2.24, 2.45) is 0 Å². The van der Waals surface area contributed by atoms with Crippen molar-refractivity contribution in [2.45, 2.75) is 38.8 Å². The first-order chi connectivity index (χ1) is 10.1. The number of piperidine rings is 1. The van der Waals surface area contributed by atoms with Gasteiger partial charge in [0.25, 0.3) is 0 Å². The van der Waals surface area contributed by atoms with E-state index in [1.165, 1.54) is 12.8 Å². The van der Waals surface area contributed by atoms with Crippen LogP contribution in [-0.2, 0) is 0 Å². The zero-order valence-corrected chi connectivity index (χ0v) is 12.9. The van der Waals surface area contributed by atoms with Crippen LogP contribution in [0.25, 0.3) is 11.1 Å². The Hall–Kier alpha value is -1.81. The van der Waals surface area contributed by atoms with Crippen molar-refractivity contribution < 1.29 is 0 Å². The van der Waals surface area contributed by atoms with Crippen LogP contribution < -0.4 is 5.73 Å². The van der Waals surface area contributed by atoms with E-state index >= 15 is 0 Å². The molecule has 4 nitrogen and oxygen atoms in total. The molecule has 0 unspecified atom stereocenters. The van der Waals surface area contributed by atoms with Crippen molar-refractivity contribution in [3.63, 3.8) is 0 Å². The molecule has 1 aromatic carbocycles. The summed E-state index contributed by atoms with van der Waals surface area (Å²) in [7, 11) is 0. The fourth-order valence-electron chi connectivity index (χ4n) is 3.07. The van der Waals surface area contributed by atoms with Gasteiger partial charge < -0.3 is 10.6 Å². The summed E-state index contributed by atoms with van der Waals surface area (Å²) in [6.07, 6.45) is 6.46. The second-order valence-electron chi connectivity index (χ2n) is 6.20. The molecule has 0 spiro atoms. The predicted molar refractivity (Wildman–Crippen MR) is 87.1 cm³/mol. The highest BCUT2D eigenvalue weighted by atomic mass is 15.3. The van der Waals surface area contributed by atoms with Crippen molar-refractivity contribution in [2.75, 3.05) is 18.8 Å². The third-order valence-electron chi connectivity index (χ3n) is 4.42. The lowest BCUT2D eigenvalue weighted by Crippen LogP contribution is -2.39. The lowest BCUT2D eigenvalue weighted by atomic mass is 10.0. The van der Waals surface area contributed by atoms with E-state index in [1.807, 2.05) is 24.4 Å². The first-order valence-corrected chi connectivity index (χ1v) is 7.77. The number of nitrogens with zero attached hydrogens (tertiary/aromatic N) is 3. The minimum Gasteiger partial charge on any atom is -0.399 e. The molecule has 112 valence electrons. The van der Waals surface area contributed by atoms with Crippen molar-refractivity contribution in [1.29, 1.82) is 0 Å². The number of aromatic nitrogens is 2. The Labute approximate surface area is 126 Å². The number of hydrogen-bond acceptors (Lipinski definition) is 3. The van der Waals surface area contributed by atoms with Gasteiger partial charge in [-0.25, -0.2) is 0 Å². The molecule has 1 fully saturated rings. The molecular formula is C17H24N4. The lowest BCUT2D eigenvalue weighted by Gasteiger charge is -2.34. The van der Waals surface area contributed by atoms with E-state index in [4.69, 9.17) is 5.73 Å². The standard InChI is InChI=1S/C17H24N4/c1-13(2)20-8-6-17(7-9-20)21-12-15(11-19-21)14-4-3-5-16(18)10-14/h3-5,10-13,17H,6-9,18H2,1-2H3. The Morgan fingerprint density at radius 3 is 2.62 bits per heavy atom. The Morgan fingerprint density at radius 2 is 1.95 bits per heavy atom. The summed E-state index contributed by atoms with van der Waals surface area (Å²) in [5, 5.41) is 4.57. The minimum absolute atomic E-state index is 0.523. The molecule has 1 aliphatic rings. The normalized spacial score (nSPS) is 17.5. The van der Waals surface area contributed by atoms with Crippen LogP contribution in [0.15, 0.2) is 36.7 Å².